The van der Waals surface area contributed by atoms with Crippen molar-refractivity contribution in [3.8, 4) is 5.75 Å². The standard InChI is InChI=1S/C19H12ClNO3/c20-14-6-7-15-13(9-18(22)24-17(15)10-14)11-23-16-5-1-3-12-4-2-8-21-19(12)16/h1-10H,11H2. The van der Waals surface area contributed by atoms with Gasteiger partial charge >= 0.3 is 5.63 Å². The molecule has 0 aliphatic rings. The maximum absolute atomic E-state index is 11.8. The molecule has 24 heavy (non-hydrogen) atoms. The van der Waals surface area contributed by atoms with Crippen molar-refractivity contribution in [1.29, 1.82) is 0 Å². The summed E-state index contributed by atoms with van der Waals surface area (Å²) in [5.41, 5.74) is 1.55. The van der Waals surface area contributed by atoms with Gasteiger partial charge in [0.05, 0.1) is 0 Å². The fourth-order valence-corrected chi connectivity index (χ4v) is 2.83. The molecule has 2 aromatic carbocycles. The van der Waals surface area contributed by atoms with Gasteiger partial charge in [0, 0.05) is 39.7 Å². The molecule has 0 fully saturated rings. The lowest BCUT2D eigenvalue weighted by molar-refractivity contribution is 0.310. The molecule has 4 aromatic rings. The zero-order valence-electron chi connectivity index (χ0n) is 12.5. The molecule has 0 N–H and O–H groups in total. The summed E-state index contributed by atoms with van der Waals surface area (Å²) in [6.07, 6.45) is 1.73. The van der Waals surface area contributed by atoms with Crippen molar-refractivity contribution in [2.24, 2.45) is 0 Å². The topological polar surface area (TPSA) is 52.3 Å². The molecule has 0 amide bonds. The van der Waals surface area contributed by atoms with Crippen LogP contribution in [0.3, 0.4) is 0 Å². The van der Waals surface area contributed by atoms with Gasteiger partial charge in [-0.15, -0.1) is 0 Å². The number of nitrogens with zero attached hydrogens (tertiary/aromatic N) is 1. The summed E-state index contributed by atoms with van der Waals surface area (Å²) in [6, 6.07) is 16.2. The Bertz CT molecular complexity index is 1100. The van der Waals surface area contributed by atoms with Crippen molar-refractivity contribution in [2.75, 3.05) is 0 Å². The first-order valence-corrected chi connectivity index (χ1v) is 7.77. The second-order valence-electron chi connectivity index (χ2n) is 5.35. The van der Waals surface area contributed by atoms with Gasteiger partial charge in [0.2, 0.25) is 0 Å². The van der Waals surface area contributed by atoms with Crippen molar-refractivity contribution >= 4 is 33.5 Å². The maximum atomic E-state index is 11.8. The predicted octanol–water partition coefficient (Wildman–Crippen LogP) is 4.57. The van der Waals surface area contributed by atoms with E-state index in [0.717, 1.165) is 21.9 Å². The van der Waals surface area contributed by atoms with Gasteiger partial charge in [-0.2, -0.15) is 0 Å². The number of benzene rings is 2. The van der Waals surface area contributed by atoms with Gasteiger partial charge in [0.25, 0.3) is 0 Å². The third kappa shape index (κ3) is 2.72. The average Bonchev–Trinajstić information content (AvgIpc) is 2.59. The first-order chi connectivity index (χ1) is 11.7. The average molecular weight is 338 g/mol. The number of pyridine rings is 1. The van der Waals surface area contributed by atoms with E-state index < -0.39 is 5.63 Å². The van der Waals surface area contributed by atoms with Gasteiger partial charge in [0.1, 0.15) is 23.5 Å². The van der Waals surface area contributed by atoms with Crippen LogP contribution < -0.4 is 10.4 Å². The van der Waals surface area contributed by atoms with Crippen LogP contribution in [0.2, 0.25) is 5.02 Å². The highest BCUT2D eigenvalue weighted by Crippen LogP contribution is 2.26. The minimum Gasteiger partial charge on any atom is -0.487 e. The Balaban J connectivity index is 1.73. The SMILES string of the molecule is O=c1cc(COc2cccc3cccnc23)c2ccc(Cl)cc2o1. The largest absolute Gasteiger partial charge is 0.487 e. The highest BCUT2D eigenvalue weighted by molar-refractivity contribution is 6.31. The van der Waals surface area contributed by atoms with Crippen LogP contribution in [0, 0.1) is 0 Å². The van der Waals surface area contributed by atoms with Crippen molar-refractivity contribution in [2.45, 2.75) is 6.61 Å². The fraction of sp³-hybridized carbons (Fsp3) is 0.0526. The van der Waals surface area contributed by atoms with E-state index in [0.29, 0.717) is 16.4 Å². The Morgan fingerprint density at radius 1 is 1.08 bits per heavy atom. The molecule has 0 aliphatic carbocycles. The van der Waals surface area contributed by atoms with Gasteiger partial charge in [-0.25, -0.2) is 4.79 Å². The van der Waals surface area contributed by atoms with Crippen molar-refractivity contribution < 1.29 is 9.15 Å². The summed E-state index contributed by atoms with van der Waals surface area (Å²) < 4.78 is 11.1. The number of hydrogen-bond acceptors (Lipinski definition) is 4. The van der Waals surface area contributed by atoms with Crippen molar-refractivity contribution in [1.82, 2.24) is 4.98 Å². The van der Waals surface area contributed by atoms with Crippen LogP contribution in [0.15, 0.2) is 70.0 Å². The van der Waals surface area contributed by atoms with E-state index in [1.807, 2.05) is 36.4 Å². The molecule has 0 saturated heterocycles. The molecule has 5 heteroatoms. The third-order valence-corrected chi connectivity index (χ3v) is 4.01. The molecular weight excluding hydrogens is 326 g/mol. The van der Waals surface area contributed by atoms with Crippen molar-refractivity contribution in [3.05, 3.63) is 81.8 Å². The lowest BCUT2D eigenvalue weighted by Crippen LogP contribution is -2.04. The van der Waals surface area contributed by atoms with Crippen molar-refractivity contribution in [3.63, 3.8) is 0 Å². The van der Waals surface area contributed by atoms with Gasteiger partial charge in [0.15, 0.2) is 0 Å². The summed E-state index contributed by atoms with van der Waals surface area (Å²) in [7, 11) is 0. The molecular formula is C19H12ClNO3. The van der Waals surface area contributed by atoms with Gasteiger partial charge in [-0.1, -0.05) is 29.8 Å². The summed E-state index contributed by atoms with van der Waals surface area (Å²) in [5, 5.41) is 2.31. The number of aromatic nitrogens is 1. The zero-order valence-corrected chi connectivity index (χ0v) is 13.3. The molecule has 0 aliphatic heterocycles. The number of fused-ring (bicyclic) bond motifs is 2. The summed E-state index contributed by atoms with van der Waals surface area (Å²) in [5.74, 6) is 0.670. The fourth-order valence-electron chi connectivity index (χ4n) is 2.67. The van der Waals surface area contributed by atoms with E-state index in [2.05, 4.69) is 4.98 Å². The predicted molar refractivity (Wildman–Crippen MR) is 93.6 cm³/mol. The molecule has 2 aromatic heterocycles. The zero-order chi connectivity index (χ0) is 16.5. The maximum Gasteiger partial charge on any atom is 0.336 e. The smallest absolute Gasteiger partial charge is 0.336 e. The Labute approximate surface area is 142 Å². The Hall–Kier alpha value is -2.85. The van der Waals surface area contributed by atoms with Crippen LogP contribution in [-0.2, 0) is 6.61 Å². The van der Waals surface area contributed by atoms with Crippen LogP contribution in [0.5, 0.6) is 5.75 Å². The van der Waals surface area contributed by atoms with Crippen LogP contribution in [0.4, 0.5) is 0 Å². The minimum atomic E-state index is -0.431. The number of hydrogen-bond donors (Lipinski definition) is 0. The van der Waals surface area contributed by atoms with Gasteiger partial charge in [-0.3, -0.25) is 4.98 Å². The Kier molecular flexibility index (Phi) is 3.67. The molecule has 2 heterocycles. The lowest BCUT2D eigenvalue weighted by atomic mass is 10.1. The molecule has 0 unspecified atom stereocenters. The number of rotatable bonds is 3. The monoisotopic (exact) mass is 337 g/mol. The van der Waals surface area contributed by atoms with E-state index in [9.17, 15) is 4.79 Å². The summed E-state index contributed by atoms with van der Waals surface area (Å²) in [6.45, 7) is 0.236. The molecule has 0 bridgehead atoms. The molecule has 4 nitrogen and oxygen atoms in total. The summed E-state index contributed by atoms with van der Waals surface area (Å²) in [4.78, 5) is 16.1. The Morgan fingerprint density at radius 2 is 1.96 bits per heavy atom. The number of halogens is 1. The number of ether oxygens (including phenoxy) is 1. The highest BCUT2D eigenvalue weighted by atomic mass is 35.5. The quantitative estimate of drug-likeness (QED) is 0.514. The Morgan fingerprint density at radius 3 is 2.88 bits per heavy atom. The molecule has 0 radical (unpaired) electrons. The van der Waals surface area contributed by atoms with Crippen LogP contribution in [0.25, 0.3) is 21.9 Å². The van der Waals surface area contributed by atoms with Gasteiger partial charge in [-0.05, 0) is 24.3 Å². The van der Waals surface area contributed by atoms with E-state index in [-0.39, 0.29) is 6.61 Å². The highest BCUT2D eigenvalue weighted by Gasteiger charge is 2.09. The van der Waals surface area contributed by atoms with Crippen LogP contribution in [-0.4, -0.2) is 4.98 Å². The molecule has 4 rings (SSSR count). The van der Waals surface area contributed by atoms with E-state index >= 15 is 0 Å². The van der Waals surface area contributed by atoms with Crippen LogP contribution in [0.1, 0.15) is 5.56 Å². The number of para-hydroxylation sites is 1. The molecule has 0 saturated carbocycles. The molecule has 118 valence electrons. The van der Waals surface area contributed by atoms with Crippen LogP contribution >= 0.6 is 11.6 Å². The summed E-state index contributed by atoms with van der Waals surface area (Å²) >= 11 is 5.96. The minimum absolute atomic E-state index is 0.236. The second-order valence-corrected chi connectivity index (χ2v) is 5.79. The third-order valence-electron chi connectivity index (χ3n) is 3.77. The molecule has 0 atom stereocenters. The first-order valence-electron chi connectivity index (χ1n) is 7.39. The second kappa shape index (κ2) is 5.98. The first kappa shape index (κ1) is 14.7. The normalized spacial score (nSPS) is 11.0. The van der Waals surface area contributed by atoms with E-state index in [4.69, 9.17) is 20.8 Å². The van der Waals surface area contributed by atoms with E-state index in [1.54, 1.807) is 18.3 Å². The molecule has 0 spiro atoms. The lowest BCUT2D eigenvalue weighted by Gasteiger charge is -2.10. The van der Waals surface area contributed by atoms with E-state index in [1.165, 1.54) is 6.07 Å². The van der Waals surface area contributed by atoms with Gasteiger partial charge < -0.3 is 9.15 Å².